The minimum Gasteiger partial charge on any atom is -0.349 e. The number of carbonyl (C=O) groups excluding carboxylic acids is 1. The molecule has 5 rings (SSSR count). The summed E-state index contributed by atoms with van der Waals surface area (Å²) in [6, 6.07) is 3.42. The van der Waals surface area contributed by atoms with Crippen molar-refractivity contribution in [3.05, 3.63) is 23.0 Å². The van der Waals surface area contributed by atoms with Gasteiger partial charge in [0.05, 0.1) is 22.2 Å². The number of amides is 1. The number of carbonyl (C=O) groups is 1. The van der Waals surface area contributed by atoms with Crippen LogP contribution in [0.4, 0.5) is 0 Å². The van der Waals surface area contributed by atoms with E-state index >= 15 is 0 Å². The Morgan fingerprint density at radius 1 is 1.18 bits per heavy atom. The first-order chi connectivity index (χ1) is 13.3. The standard InChI is InChI=1S/C22H31N5O/c1-12-19-17(21(28)24-16-9-14-7-8-15(10-16)23-14)11-18(13-5-6-13)25-20(19)27(26-12)22(2,3)4/h11,13-16,23H,5-10H2,1-4H3,(H,24,28). The lowest BCUT2D eigenvalue weighted by atomic mass is 9.99. The fourth-order valence-electron chi connectivity index (χ4n) is 4.98. The molecule has 1 saturated carbocycles. The van der Waals surface area contributed by atoms with Gasteiger partial charge in [0.25, 0.3) is 5.91 Å². The average Bonchev–Trinajstić information content (AvgIpc) is 3.35. The normalized spacial score (nSPS) is 27.4. The molecular weight excluding hydrogens is 350 g/mol. The molecule has 4 heterocycles. The van der Waals surface area contributed by atoms with Crippen LogP contribution in [-0.4, -0.2) is 38.8 Å². The highest BCUT2D eigenvalue weighted by molar-refractivity contribution is 6.06. The van der Waals surface area contributed by atoms with Gasteiger partial charge in [-0.05, 0) is 72.3 Å². The van der Waals surface area contributed by atoms with Crippen molar-refractivity contribution in [3.63, 3.8) is 0 Å². The predicted octanol–water partition coefficient (Wildman–Crippen LogP) is 3.38. The number of fused-ring (bicyclic) bond motifs is 3. The maximum Gasteiger partial charge on any atom is 0.252 e. The molecule has 2 saturated heterocycles. The van der Waals surface area contributed by atoms with E-state index in [0.29, 0.717) is 18.0 Å². The Bertz CT molecular complexity index is 925. The van der Waals surface area contributed by atoms with Crippen molar-refractivity contribution in [2.75, 3.05) is 0 Å². The van der Waals surface area contributed by atoms with Crippen LogP contribution >= 0.6 is 0 Å². The first-order valence-corrected chi connectivity index (χ1v) is 10.8. The summed E-state index contributed by atoms with van der Waals surface area (Å²) in [4.78, 5) is 18.3. The minimum absolute atomic E-state index is 0.0390. The van der Waals surface area contributed by atoms with E-state index in [0.717, 1.165) is 40.8 Å². The first kappa shape index (κ1) is 18.1. The third kappa shape index (κ3) is 3.11. The number of hydrogen-bond acceptors (Lipinski definition) is 4. The van der Waals surface area contributed by atoms with Gasteiger partial charge in [-0.2, -0.15) is 5.10 Å². The predicted molar refractivity (Wildman–Crippen MR) is 110 cm³/mol. The second kappa shape index (κ2) is 6.28. The van der Waals surface area contributed by atoms with Crippen LogP contribution in [-0.2, 0) is 5.54 Å². The summed E-state index contributed by atoms with van der Waals surface area (Å²) >= 11 is 0. The maximum atomic E-state index is 13.4. The highest BCUT2D eigenvalue weighted by atomic mass is 16.1. The topological polar surface area (TPSA) is 71.8 Å². The minimum atomic E-state index is -0.177. The summed E-state index contributed by atoms with van der Waals surface area (Å²) < 4.78 is 1.99. The largest absolute Gasteiger partial charge is 0.349 e. The molecule has 0 spiro atoms. The Morgan fingerprint density at radius 2 is 1.86 bits per heavy atom. The third-order valence-corrected chi connectivity index (χ3v) is 6.52. The highest BCUT2D eigenvalue weighted by Gasteiger charge is 2.35. The average molecular weight is 382 g/mol. The zero-order chi connectivity index (χ0) is 19.6. The quantitative estimate of drug-likeness (QED) is 0.855. The molecule has 2 aromatic heterocycles. The summed E-state index contributed by atoms with van der Waals surface area (Å²) in [5.74, 6) is 0.534. The summed E-state index contributed by atoms with van der Waals surface area (Å²) in [5.41, 5.74) is 3.36. The molecule has 2 N–H and O–H groups in total. The number of pyridine rings is 1. The Morgan fingerprint density at radius 3 is 2.46 bits per heavy atom. The molecule has 1 amide bonds. The molecule has 0 radical (unpaired) electrons. The van der Waals surface area contributed by atoms with Gasteiger partial charge >= 0.3 is 0 Å². The molecule has 2 aromatic rings. The van der Waals surface area contributed by atoms with Gasteiger partial charge in [-0.25, -0.2) is 9.67 Å². The molecule has 3 aliphatic rings. The van der Waals surface area contributed by atoms with Crippen LogP contribution in [0.25, 0.3) is 11.0 Å². The first-order valence-electron chi connectivity index (χ1n) is 10.8. The molecule has 28 heavy (non-hydrogen) atoms. The second-order valence-corrected chi connectivity index (χ2v) is 10.0. The van der Waals surface area contributed by atoms with Crippen LogP contribution < -0.4 is 10.6 Å². The van der Waals surface area contributed by atoms with Gasteiger partial charge in [-0.3, -0.25) is 4.79 Å². The van der Waals surface area contributed by atoms with Crippen LogP contribution in [0.2, 0.25) is 0 Å². The van der Waals surface area contributed by atoms with Crippen molar-refractivity contribution in [1.29, 1.82) is 0 Å². The third-order valence-electron chi connectivity index (χ3n) is 6.52. The molecule has 3 fully saturated rings. The SMILES string of the molecule is Cc1nn(C(C)(C)C)c2nc(C3CC3)cc(C(=O)NC3CC4CCC(C3)N4)c12. The lowest BCUT2D eigenvalue weighted by Gasteiger charge is -2.29. The molecule has 6 nitrogen and oxygen atoms in total. The monoisotopic (exact) mass is 381 g/mol. The lowest BCUT2D eigenvalue weighted by Crippen LogP contribution is -2.48. The summed E-state index contributed by atoms with van der Waals surface area (Å²) in [7, 11) is 0. The van der Waals surface area contributed by atoms with E-state index in [2.05, 4.69) is 31.4 Å². The molecule has 0 aromatic carbocycles. The number of aromatic nitrogens is 3. The van der Waals surface area contributed by atoms with Crippen molar-refractivity contribution in [2.45, 2.75) is 95.8 Å². The Balaban J connectivity index is 1.54. The molecule has 2 bridgehead atoms. The molecule has 2 atom stereocenters. The van der Waals surface area contributed by atoms with Crippen LogP contribution in [0.3, 0.4) is 0 Å². The maximum absolute atomic E-state index is 13.4. The smallest absolute Gasteiger partial charge is 0.252 e. The number of nitrogens with one attached hydrogen (secondary N) is 2. The van der Waals surface area contributed by atoms with E-state index in [4.69, 9.17) is 10.1 Å². The number of rotatable bonds is 3. The zero-order valence-electron chi connectivity index (χ0n) is 17.4. The van der Waals surface area contributed by atoms with Crippen LogP contribution in [0.15, 0.2) is 6.07 Å². The summed E-state index contributed by atoms with van der Waals surface area (Å²) in [5, 5.41) is 12.7. The van der Waals surface area contributed by atoms with Crippen molar-refractivity contribution < 1.29 is 4.79 Å². The Hall–Kier alpha value is -1.95. The zero-order valence-corrected chi connectivity index (χ0v) is 17.4. The number of nitrogens with zero attached hydrogens (tertiary/aromatic N) is 3. The summed E-state index contributed by atoms with van der Waals surface area (Å²) in [6.45, 7) is 8.39. The lowest BCUT2D eigenvalue weighted by molar-refractivity contribution is 0.0925. The summed E-state index contributed by atoms with van der Waals surface area (Å²) in [6.07, 6.45) is 6.87. The van der Waals surface area contributed by atoms with Crippen LogP contribution in [0.1, 0.15) is 87.0 Å². The van der Waals surface area contributed by atoms with E-state index in [1.54, 1.807) is 0 Å². The fraction of sp³-hybridized carbons (Fsp3) is 0.682. The van der Waals surface area contributed by atoms with E-state index in [-0.39, 0.29) is 17.5 Å². The fourth-order valence-corrected chi connectivity index (χ4v) is 4.98. The van der Waals surface area contributed by atoms with Gasteiger partial charge in [0.15, 0.2) is 5.65 Å². The van der Waals surface area contributed by atoms with E-state index < -0.39 is 0 Å². The Kier molecular flexibility index (Phi) is 4.06. The van der Waals surface area contributed by atoms with Crippen LogP contribution in [0, 0.1) is 6.92 Å². The van der Waals surface area contributed by atoms with Crippen LogP contribution in [0.5, 0.6) is 0 Å². The van der Waals surface area contributed by atoms with Gasteiger partial charge in [0.2, 0.25) is 0 Å². The number of hydrogen-bond donors (Lipinski definition) is 2. The van der Waals surface area contributed by atoms with Gasteiger partial charge < -0.3 is 10.6 Å². The number of piperidine rings is 1. The molecule has 2 unspecified atom stereocenters. The number of aryl methyl sites for hydroxylation is 1. The van der Waals surface area contributed by atoms with E-state index in [9.17, 15) is 4.79 Å². The molecular formula is C22H31N5O. The Labute approximate surface area is 166 Å². The van der Waals surface area contributed by atoms with Crippen molar-refractivity contribution in [1.82, 2.24) is 25.4 Å². The second-order valence-electron chi connectivity index (χ2n) is 10.0. The molecule has 150 valence electrons. The van der Waals surface area contributed by atoms with Gasteiger partial charge in [-0.1, -0.05) is 0 Å². The molecule has 1 aliphatic carbocycles. The van der Waals surface area contributed by atoms with Gasteiger partial charge in [0.1, 0.15) is 0 Å². The van der Waals surface area contributed by atoms with E-state index in [1.807, 2.05) is 17.7 Å². The molecule has 6 heteroatoms. The molecule has 2 aliphatic heterocycles. The van der Waals surface area contributed by atoms with Crippen molar-refractivity contribution in [2.24, 2.45) is 0 Å². The van der Waals surface area contributed by atoms with Crippen molar-refractivity contribution in [3.8, 4) is 0 Å². The van der Waals surface area contributed by atoms with Gasteiger partial charge in [-0.15, -0.1) is 0 Å². The van der Waals surface area contributed by atoms with Crippen molar-refractivity contribution >= 4 is 16.9 Å². The van der Waals surface area contributed by atoms with E-state index in [1.165, 1.54) is 25.7 Å². The van der Waals surface area contributed by atoms with Gasteiger partial charge in [0, 0.05) is 29.7 Å². The highest BCUT2D eigenvalue weighted by Crippen LogP contribution is 2.41.